The number of rotatable bonds is 1. The smallest absolute Gasteiger partial charge is 0.410 e. The minimum absolute atomic E-state index is 0.223. The first-order valence-corrected chi connectivity index (χ1v) is 9.42. The summed E-state index contributed by atoms with van der Waals surface area (Å²) in [7, 11) is 0. The third kappa shape index (κ3) is 3.35. The SMILES string of the molecule is Cc1cnc(Cl)c2c(I)cn([C@H]3CCN(C(=O)OC(C)(C)C)C3)c12. The molecule has 0 bridgehead atoms. The van der Waals surface area contributed by atoms with Crippen LogP contribution < -0.4 is 0 Å². The molecule has 0 unspecified atom stereocenters. The van der Waals surface area contributed by atoms with Crippen LogP contribution in [-0.2, 0) is 4.74 Å². The number of hydrogen-bond acceptors (Lipinski definition) is 3. The molecule has 0 aliphatic carbocycles. The molecule has 2 aromatic rings. The molecule has 0 saturated carbocycles. The highest BCUT2D eigenvalue weighted by Crippen LogP contribution is 2.35. The maximum absolute atomic E-state index is 12.3. The van der Waals surface area contributed by atoms with Crippen LogP contribution in [0.3, 0.4) is 0 Å². The lowest BCUT2D eigenvalue weighted by atomic mass is 10.2. The Hall–Kier alpha value is -1.02. The van der Waals surface area contributed by atoms with Crippen LogP contribution in [0.2, 0.25) is 5.15 Å². The molecule has 1 fully saturated rings. The van der Waals surface area contributed by atoms with Crippen molar-refractivity contribution in [1.82, 2.24) is 14.5 Å². The predicted octanol–water partition coefficient (Wildman–Crippen LogP) is 4.78. The van der Waals surface area contributed by atoms with Crippen molar-refractivity contribution in [1.29, 1.82) is 0 Å². The van der Waals surface area contributed by atoms with Crippen LogP contribution in [0.25, 0.3) is 10.9 Å². The molecular formula is C17H21ClIN3O2. The van der Waals surface area contributed by atoms with E-state index in [-0.39, 0.29) is 12.1 Å². The minimum Gasteiger partial charge on any atom is -0.444 e. The molecule has 2 aromatic heterocycles. The fraction of sp³-hybridized carbons (Fsp3) is 0.529. The van der Waals surface area contributed by atoms with Crippen molar-refractivity contribution >= 4 is 51.2 Å². The lowest BCUT2D eigenvalue weighted by Gasteiger charge is -2.24. The van der Waals surface area contributed by atoms with Crippen molar-refractivity contribution in [2.45, 2.75) is 45.8 Å². The number of aryl methyl sites for hydroxylation is 1. The van der Waals surface area contributed by atoms with Gasteiger partial charge in [-0.3, -0.25) is 0 Å². The fourth-order valence-corrected chi connectivity index (χ4v) is 4.33. The lowest BCUT2D eigenvalue weighted by Crippen LogP contribution is -2.35. The van der Waals surface area contributed by atoms with Gasteiger partial charge in [-0.1, -0.05) is 11.6 Å². The zero-order valence-corrected chi connectivity index (χ0v) is 17.2. The first-order valence-electron chi connectivity index (χ1n) is 7.96. The van der Waals surface area contributed by atoms with Crippen molar-refractivity contribution < 1.29 is 9.53 Å². The van der Waals surface area contributed by atoms with E-state index in [1.54, 1.807) is 11.1 Å². The third-order valence-electron chi connectivity index (χ3n) is 4.15. The summed E-state index contributed by atoms with van der Waals surface area (Å²) < 4.78 is 8.81. The van der Waals surface area contributed by atoms with E-state index >= 15 is 0 Å². The Morgan fingerprint density at radius 1 is 1.46 bits per heavy atom. The highest BCUT2D eigenvalue weighted by Gasteiger charge is 2.31. The van der Waals surface area contributed by atoms with Crippen LogP contribution in [0.1, 0.15) is 38.8 Å². The maximum atomic E-state index is 12.3. The summed E-state index contributed by atoms with van der Waals surface area (Å²) in [5, 5.41) is 1.52. The number of halogens is 2. The van der Waals surface area contributed by atoms with Crippen LogP contribution in [-0.4, -0.2) is 39.2 Å². The van der Waals surface area contributed by atoms with E-state index in [0.717, 1.165) is 26.5 Å². The monoisotopic (exact) mass is 461 g/mol. The highest BCUT2D eigenvalue weighted by atomic mass is 127. The summed E-state index contributed by atoms with van der Waals surface area (Å²) >= 11 is 8.59. The van der Waals surface area contributed by atoms with E-state index in [9.17, 15) is 4.79 Å². The van der Waals surface area contributed by atoms with E-state index in [1.165, 1.54) is 0 Å². The summed E-state index contributed by atoms with van der Waals surface area (Å²) in [6.45, 7) is 9.05. The van der Waals surface area contributed by atoms with Gasteiger partial charge in [0.25, 0.3) is 0 Å². The van der Waals surface area contributed by atoms with Gasteiger partial charge in [-0.15, -0.1) is 0 Å². The standard InChI is InChI=1S/C17H21ClIN3O2/c1-10-7-20-15(18)13-12(19)9-22(14(10)13)11-5-6-21(8-11)16(23)24-17(2,3)4/h7,9,11H,5-6,8H2,1-4H3/t11-/m0/s1. The van der Waals surface area contributed by atoms with Crippen molar-refractivity contribution in [2.75, 3.05) is 13.1 Å². The topological polar surface area (TPSA) is 47.4 Å². The molecule has 0 aromatic carbocycles. The van der Waals surface area contributed by atoms with E-state index < -0.39 is 5.60 Å². The number of hydrogen-bond donors (Lipinski definition) is 0. The number of nitrogens with zero attached hydrogens (tertiary/aromatic N) is 3. The molecule has 7 heteroatoms. The van der Waals surface area contributed by atoms with Crippen molar-refractivity contribution in [2.24, 2.45) is 0 Å². The van der Waals surface area contributed by atoms with Gasteiger partial charge in [0.2, 0.25) is 0 Å². The van der Waals surface area contributed by atoms with Gasteiger partial charge in [0.15, 0.2) is 0 Å². The van der Waals surface area contributed by atoms with Gasteiger partial charge in [0.1, 0.15) is 10.8 Å². The lowest BCUT2D eigenvalue weighted by molar-refractivity contribution is 0.0289. The number of amides is 1. The molecule has 130 valence electrons. The Morgan fingerprint density at radius 2 is 2.17 bits per heavy atom. The van der Waals surface area contributed by atoms with E-state index in [0.29, 0.717) is 18.2 Å². The predicted molar refractivity (Wildman–Crippen MR) is 104 cm³/mol. The molecule has 1 atom stereocenters. The summed E-state index contributed by atoms with van der Waals surface area (Å²) in [6.07, 6.45) is 4.57. The molecular weight excluding hydrogens is 441 g/mol. The molecule has 5 nitrogen and oxygen atoms in total. The average molecular weight is 462 g/mol. The minimum atomic E-state index is -0.472. The molecule has 0 spiro atoms. The molecule has 3 rings (SSSR count). The third-order valence-corrected chi connectivity index (χ3v) is 5.25. The quantitative estimate of drug-likeness (QED) is 0.453. The molecule has 1 aliphatic heterocycles. The molecule has 3 heterocycles. The van der Waals surface area contributed by atoms with Gasteiger partial charge >= 0.3 is 6.09 Å². The Bertz CT molecular complexity index is 797. The number of pyridine rings is 1. The Labute approximate surface area is 160 Å². The Kier molecular flexibility index (Phi) is 4.72. The van der Waals surface area contributed by atoms with Gasteiger partial charge in [-0.2, -0.15) is 0 Å². The summed E-state index contributed by atoms with van der Waals surface area (Å²) in [4.78, 5) is 18.3. The zero-order chi connectivity index (χ0) is 17.6. The second kappa shape index (κ2) is 6.37. The van der Waals surface area contributed by atoms with Crippen molar-refractivity contribution in [3.05, 3.63) is 26.7 Å². The number of fused-ring (bicyclic) bond motifs is 1. The van der Waals surface area contributed by atoms with Gasteiger partial charge < -0.3 is 14.2 Å². The van der Waals surface area contributed by atoms with Crippen molar-refractivity contribution in [3.63, 3.8) is 0 Å². The molecule has 0 radical (unpaired) electrons. The van der Waals surface area contributed by atoms with Crippen molar-refractivity contribution in [3.8, 4) is 0 Å². The average Bonchev–Trinajstić information content (AvgIpc) is 3.06. The normalized spacial score (nSPS) is 18.4. The van der Waals surface area contributed by atoms with Crippen LogP contribution >= 0.6 is 34.2 Å². The number of likely N-dealkylation sites (tertiary alicyclic amines) is 1. The van der Waals surface area contributed by atoms with Crippen LogP contribution in [0.15, 0.2) is 12.4 Å². The van der Waals surface area contributed by atoms with Crippen LogP contribution in [0, 0.1) is 10.5 Å². The van der Waals surface area contributed by atoms with Crippen LogP contribution in [0.4, 0.5) is 4.79 Å². The van der Waals surface area contributed by atoms with Gasteiger partial charge in [-0.25, -0.2) is 9.78 Å². The number of carbonyl (C=O) groups is 1. The number of ether oxygens (including phenoxy) is 1. The number of aromatic nitrogens is 2. The van der Waals surface area contributed by atoms with Gasteiger partial charge in [0, 0.05) is 29.1 Å². The second-order valence-electron chi connectivity index (χ2n) is 7.21. The zero-order valence-electron chi connectivity index (χ0n) is 14.3. The molecule has 1 aliphatic rings. The number of carbonyl (C=O) groups excluding carboxylic acids is 1. The largest absolute Gasteiger partial charge is 0.444 e. The summed E-state index contributed by atoms with van der Waals surface area (Å²) in [5.74, 6) is 0. The Balaban J connectivity index is 1.88. The van der Waals surface area contributed by atoms with Gasteiger partial charge in [0.05, 0.1) is 16.9 Å². The van der Waals surface area contributed by atoms with E-state index in [2.05, 4.69) is 38.3 Å². The summed E-state index contributed by atoms with van der Waals surface area (Å²) in [6, 6.07) is 0.223. The maximum Gasteiger partial charge on any atom is 0.410 e. The summed E-state index contributed by atoms with van der Waals surface area (Å²) in [5.41, 5.74) is 1.73. The molecule has 1 amide bonds. The van der Waals surface area contributed by atoms with Crippen LogP contribution in [0.5, 0.6) is 0 Å². The molecule has 0 N–H and O–H groups in total. The van der Waals surface area contributed by atoms with E-state index in [4.69, 9.17) is 16.3 Å². The van der Waals surface area contributed by atoms with E-state index in [1.807, 2.05) is 27.7 Å². The highest BCUT2D eigenvalue weighted by molar-refractivity contribution is 14.1. The molecule has 24 heavy (non-hydrogen) atoms. The second-order valence-corrected chi connectivity index (χ2v) is 8.73. The fourth-order valence-electron chi connectivity index (χ4n) is 3.12. The molecule has 1 saturated heterocycles. The van der Waals surface area contributed by atoms with Gasteiger partial charge in [-0.05, 0) is 62.3 Å². The Morgan fingerprint density at radius 3 is 2.83 bits per heavy atom. The first kappa shape index (κ1) is 17.8. The first-order chi connectivity index (χ1) is 11.2.